The lowest BCUT2D eigenvalue weighted by molar-refractivity contribution is -0.117. The highest BCUT2D eigenvalue weighted by atomic mass is 16.3. The minimum atomic E-state index is 0.152. The third-order valence-electron chi connectivity index (χ3n) is 5.59. The zero-order valence-electron chi connectivity index (χ0n) is 14.5. The number of benzene rings is 1. The molecular weight excluding hydrogens is 300 g/mol. The van der Waals surface area contributed by atoms with Crippen LogP contribution in [0.3, 0.4) is 0 Å². The lowest BCUT2D eigenvalue weighted by Crippen LogP contribution is -2.35. The van der Waals surface area contributed by atoms with Crippen LogP contribution in [0.25, 0.3) is 0 Å². The summed E-state index contributed by atoms with van der Waals surface area (Å²) in [5, 5.41) is 12.5. The predicted octanol–water partition coefficient (Wildman–Crippen LogP) is 3.80. The molecule has 0 aromatic heterocycles. The Morgan fingerprint density at radius 2 is 1.75 bits per heavy atom. The fraction of sp³-hybridized carbons (Fsp3) is 0.650. The summed E-state index contributed by atoms with van der Waals surface area (Å²) in [4.78, 5) is 14.8. The molecule has 0 atom stereocenters. The van der Waals surface area contributed by atoms with Crippen molar-refractivity contribution in [2.24, 2.45) is 11.8 Å². The Balaban J connectivity index is 1.60. The van der Waals surface area contributed by atoms with E-state index >= 15 is 0 Å². The molecule has 24 heavy (non-hydrogen) atoms. The number of para-hydroxylation sites is 2. The zero-order chi connectivity index (χ0) is 16.8. The third-order valence-corrected chi connectivity index (χ3v) is 5.59. The molecular formula is C20H30N2O2. The normalized spacial score (nSPS) is 20.1. The van der Waals surface area contributed by atoms with Crippen LogP contribution in [0.15, 0.2) is 24.3 Å². The molecule has 0 bridgehead atoms. The quantitative estimate of drug-likeness (QED) is 0.863. The van der Waals surface area contributed by atoms with Crippen LogP contribution >= 0.6 is 0 Å². The number of nitrogens with one attached hydrogen (secondary N) is 1. The summed E-state index contributed by atoms with van der Waals surface area (Å²) >= 11 is 0. The number of amides is 1. The molecule has 0 unspecified atom stereocenters. The molecule has 2 N–H and O–H groups in total. The number of nitrogens with zero attached hydrogens (tertiary/aromatic N) is 1. The number of rotatable bonds is 5. The molecule has 4 heteroatoms. The molecule has 1 aromatic carbocycles. The highest BCUT2D eigenvalue weighted by molar-refractivity contribution is 5.94. The van der Waals surface area contributed by atoms with Gasteiger partial charge in [0.15, 0.2) is 0 Å². The number of hydrogen-bond acceptors (Lipinski definition) is 3. The van der Waals surface area contributed by atoms with Crippen molar-refractivity contribution in [3.63, 3.8) is 0 Å². The maximum atomic E-state index is 12.5. The average molecular weight is 330 g/mol. The molecule has 132 valence electrons. The number of carbonyl (C=O) groups is 1. The molecule has 1 saturated heterocycles. The summed E-state index contributed by atoms with van der Waals surface area (Å²) in [7, 11) is 0. The maximum Gasteiger partial charge on any atom is 0.224 e. The summed E-state index contributed by atoms with van der Waals surface area (Å²) in [5.74, 6) is 1.14. The van der Waals surface area contributed by atoms with Crippen molar-refractivity contribution in [2.75, 3.05) is 29.9 Å². The molecule has 0 radical (unpaired) electrons. The number of hydrogen-bond donors (Lipinski definition) is 2. The second-order valence-corrected chi connectivity index (χ2v) is 7.39. The van der Waals surface area contributed by atoms with Crippen LogP contribution in [-0.4, -0.2) is 30.7 Å². The molecule has 4 nitrogen and oxygen atoms in total. The van der Waals surface area contributed by atoms with Crippen molar-refractivity contribution in [3.8, 4) is 0 Å². The minimum absolute atomic E-state index is 0.152. The molecule has 2 fully saturated rings. The van der Waals surface area contributed by atoms with Gasteiger partial charge in [-0.3, -0.25) is 4.79 Å². The highest BCUT2D eigenvalue weighted by Gasteiger charge is 2.22. The van der Waals surface area contributed by atoms with Crippen LogP contribution in [-0.2, 0) is 4.79 Å². The van der Waals surface area contributed by atoms with Gasteiger partial charge in [0, 0.05) is 26.1 Å². The van der Waals surface area contributed by atoms with E-state index in [2.05, 4.69) is 16.3 Å². The van der Waals surface area contributed by atoms with E-state index in [4.69, 9.17) is 0 Å². The summed E-state index contributed by atoms with van der Waals surface area (Å²) < 4.78 is 0. The molecule has 1 amide bonds. The zero-order valence-corrected chi connectivity index (χ0v) is 14.5. The van der Waals surface area contributed by atoms with Gasteiger partial charge in [-0.2, -0.15) is 0 Å². The topological polar surface area (TPSA) is 52.6 Å². The molecule has 1 aliphatic heterocycles. The van der Waals surface area contributed by atoms with E-state index in [0.29, 0.717) is 18.3 Å². The predicted molar refractivity (Wildman–Crippen MR) is 98.3 cm³/mol. The molecule has 1 aliphatic carbocycles. The van der Waals surface area contributed by atoms with Gasteiger partial charge in [0.25, 0.3) is 0 Å². The fourth-order valence-corrected chi connectivity index (χ4v) is 4.07. The van der Waals surface area contributed by atoms with Crippen LogP contribution in [0.4, 0.5) is 11.4 Å². The largest absolute Gasteiger partial charge is 0.396 e. The van der Waals surface area contributed by atoms with Gasteiger partial charge in [0.1, 0.15) is 0 Å². The van der Waals surface area contributed by atoms with Gasteiger partial charge in [0.2, 0.25) is 5.91 Å². The van der Waals surface area contributed by atoms with Gasteiger partial charge < -0.3 is 15.3 Å². The van der Waals surface area contributed by atoms with E-state index in [9.17, 15) is 9.90 Å². The summed E-state index contributed by atoms with van der Waals surface area (Å²) in [6, 6.07) is 8.12. The summed E-state index contributed by atoms with van der Waals surface area (Å²) in [5.41, 5.74) is 2.05. The fourth-order valence-electron chi connectivity index (χ4n) is 4.07. The van der Waals surface area contributed by atoms with E-state index < -0.39 is 0 Å². The minimum Gasteiger partial charge on any atom is -0.396 e. The third kappa shape index (κ3) is 4.50. The number of piperidine rings is 1. The molecule has 0 spiro atoms. The van der Waals surface area contributed by atoms with Gasteiger partial charge in [-0.05, 0) is 49.7 Å². The molecule has 1 aromatic rings. The summed E-state index contributed by atoms with van der Waals surface area (Å²) in [6.07, 6.45) is 8.95. The van der Waals surface area contributed by atoms with Gasteiger partial charge in [0.05, 0.1) is 11.4 Å². The maximum absolute atomic E-state index is 12.5. The molecule has 1 saturated carbocycles. The van der Waals surface area contributed by atoms with Crippen LogP contribution < -0.4 is 10.2 Å². The first-order chi connectivity index (χ1) is 11.8. The first-order valence-corrected chi connectivity index (χ1v) is 9.51. The average Bonchev–Trinajstić information content (AvgIpc) is 2.63. The van der Waals surface area contributed by atoms with E-state index in [1.807, 2.05) is 18.2 Å². The number of aliphatic hydroxyl groups is 1. The highest BCUT2D eigenvalue weighted by Crippen LogP contribution is 2.31. The molecule has 1 heterocycles. The SMILES string of the molecule is O=C(CC1CCCCC1)Nc1ccccc1N1CCC(CO)CC1. The van der Waals surface area contributed by atoms with Crippen LogP contribution in [0.1, 0.15) is 51.4 Å². The lowest BCUT2D eigenvalue weighted by Gasteiger charge is -2.34. The number of carbonyl (C=O) groups excluding carboxylic acids is 1. The van der Waals surface area contributed by atoms with Crippen LogP contribution in [0.5, 0.6) is 0 Å². The van der Waals surface area contributed by atoms with Gasteiger partial charge >= 0.3 is 0 Å². The smallest absolute Gasteiger partial charge is 0.224 e. The Morgan fingerprint density at radius 1 is 1.04 bits per heavy atom. The van der Waals surface area contributed by atoms with Gasteiger partial charge in [-0.15, -0.1) is 0 Å². The first-order valence-electron chi connectivity index (χ1n) is 9.51. The van der Waals surface area contributed by atoms with Crippen LogP contribution in [0, 0.1) is 11.8 Å². The number of anilines is 2. The monoisotopic (exact) mass is 330 g/mol. The van der Waals surface area contributed by atoms with E-state index in [1.54, 1.807) is 0 Å². The molecule has 3 rings (SSSR count). The summed E-state index contributed by atoms with van der Waals surface area (Å²) in [6.45, 7) is 2.18. The standard InChI is InChI=1S/C20H30N2O2/c23-15-17-10-12-22(13-11-17)19-9-5-4-8-18(19)21-20(24)14-16-6-2-1-3-7-16/h4-5,8-9,16-17,23H,1-3,6-7,10-15H2,(H,21,24). The van der Waals surface area contributed by atoms with Crippen molar-refractivity contribution in [1.29, 1.82) is 0 Å². The van der Waals surface area contributed by atoms with E-state index in [1.165, 1.54) is 32.1 Å². The Hall–Kier alpha value is -1.55. The second kappa shape index (κ2) is 8.52. The Kier molecular flexibility index (Phi) is 6.13. The van der Waals surface area contributed by atoms with Crippen molar-refractivity contribution in [2.45, 2.75) is 51.4 Å². The van der Waals surface area contributed by atoms with Crippen molar-refractivity contribution in [1.82, 2.24) is 0 Å². The molecule has 2 aliphatic rings. The van der Waals surface area contributed by atoms with Crippen LogP contribution in [0.2, 0.25) is 0 Å². The van der Waals surface area contributed by atoms with Crippen molar-refractivity contribution >= 4 is 17.3 Å². The van der Waals surface area contributed by atoms with E-state index in [-0.39, 0.29) is 12.5 Å². The van der Waals surface area contributed by atoms with Gasteiger partial charge in [-0.25, -0.2) is 0 Å². The number of aliphatic hydroxyl groups excluding tert-OH is 1. The first kappa shape index (κ1) is 17.3. The van der Waals surface area contributed by atoms with E-state index in [0.717, 1.165) is 37.3 Å². The van der Waals surface area contributed by atoms with Gasteiger partial charge in [-0.1, -0.05) is 31.4 Å². The Bertz CT molecular complexity index is 532. The Morgan fingerprint density at radius 3 is 2.46 bits per heavy atom. The lowest BCUT2D eigenvalue weighted by atomic mass is 9.87. The van der Waals surface area contributed by atoms with Crippen molar-refractivity contribution < 1.29 is 9.90 Å². The second-order valence-electron chi connectivity index (χ2n) is 7.39. The van der Waals surface area contributed by atoms with Crippen molar-refractivity contribution in [3.05, 3.63) is 24.3 Å². The Labute approximate surface area is 145 Å².